The van der Waals surface area contributed by atoms with Crippen LogP contribution in [-0.4, -0.2) is 16.1 Å². The summed E-state index contributed by atoms with van der Waals surface area (Å²) in [7, 11) is 0. The number of carbonyl (C=O) groups excluding carboxylic acids is 1. The van der Waals surface area contributed by atoms with E-state index in [1.165, 1.54) is 11.1 Å². The lowest BCUT2D eigenvalue weighted by Crippen LogP contribution is -2.27. The lowest BCUT2D eigenvalue weighted by Gasteiger charge is -2.12. The Morgan fingerprint density at radius 2 is 2.24 bits per heavy atom. The number of H-pyrrole nitrogens is 1. The molecule has 1 atom stereocenters. The molecule has 1 aromatic carbocycles. The van der Waals surface area contributed by atoms with Crippen molar-refractivity contribution >= 4 is 5.91 Å². The first-order chi connectivity index (χ1) is 10.1. The average Bonchev–Trinajstić information content (AvgIpc) is 3.06. The first kappa shape index (κ1) is 13.9. The molecule has 0 spiro atoms. The van der Waals surface area contributed by atoms with Crippen molar-refractivity contribution in [3.63, 3.8) is 0 Å². The van der Waals surface area contributed by atoms with Crippen LogP contribution in [0.25, 0.3) is 0 Å². The molecule has 3 rings (SSSR count). The van der Waals surface area contributed by atoms with E-state index in [0.29, 0.717) is 11.6 Å². The van der Waals surface area contributed by atoms with Gasteiger partial charge >= 0.3 is 0 Å². The van der Waals surface area contributed by atoms with Crippen LogP contribution in [0.2, 0.25) is 0 Å². The van der Waals surface area contributed by atoms with E-state index in [0.717, 1.165) is 25.0 Å². The van der Waals surface area contributed by atoms with Crippen LogP contribution in [0.1, 0.15) is 53.6 Å². The molecule has 2 aromatic rings. The van der Waals surface area contributed by atoms with Gasteiger partial charge in [0.05, 0.1) is 6.04 Å². The van der Waals surface area contributed by atoms with Gasteiger partial charge in [0.15, 0.2) is 0 Å². The van der Waals surface area contributed by atoms with Crippen molar-refractivity contribution in [1.29, 1.82) is 0 Å². The van der Waals surface area contributed by atoms with Gasteiger partial charge in [0, 0.05) is 5.69 Å². The summed E-state index contributed by atoms with van der Waals surface area (Å²) in [6, 6.07) is 10.3. The molecule has 0 fully saturated rings. The van der Waals surface area contributed by atoms with Gasteiger partial charge in [-0.1, -0.05) is 38.1 Å². The van der Waals surface area contributed by atoms with Crippen molar-refractivity contribution in [1.82, 2.24) is 15.5 Å². The number of aromatic nitrogens is 2. The van der Waals surface area contributed by atoms with E-state index in [1.54, 1.807) is 0 Å². The third-order valence-corrected chi connectivity index (χ3v) is 3.93. The first-order valence-electron chi connectivity index (χ1n) is 7.56. The van der Waals surface area contributed by atoms with Crippen molar-refractivity contribution in [3.8, 4) is 0 Å². The molecule has 0 radical (unpaired) electrons. The molecule has 4 heteroatoms. The molecule has 1 amide bonds. The number of aromatic amines is 1. The standard InChI is InChI=1S/C17H21N3O/c1-11(2)9-13-10-16(20-19-13)17(21)18-15-8-7-12-5-3-4-6-14(12)15/h3-6,10-11,15H,7-9H2,1-2H3,(H,18,21)(H,19,20). The molecule has 0 aliphatic heterocycles. The molecule has 2 N–H and O–H groups in total. The topological polar surface area (TPSA) is 57.8 Å². The third-order valence-electron chi connectivity index (χ3n) is 3.93. The van der Waals surface area contributed by atoms with Crippen LogP contribution in [0.4, 0.5) is 0 Å². The highest BCUT2D eigenvalue weighted by Crippen LogP contribution is 2.30. The highest BCUT2D eigenvalue weighted by atomic mass is 16.2. The Kier molecular flexibility index (Phi) is 3.78. The molecule has 21 heavy (non-hydrogen) atoms. The smallest absolute Gasteiger partial charge is 0.272 e. The predicted molar refractivity (Wildman–Crippen MR) is 82.1 cm³/mol. The lowest BCUT2D eigenvalue weighted by atomic mass is 10.1. The van der Waals surface area contributed by atoms with Crippen LogP contribution >= 0.6 is 0 Å². The zero-order valence-corrected chi connectivity index (χ0v) is 12.5. The van der Waals surface area contributed by atoms with Crippen molar-refractivity contribution in [2.45, 2.75) is 39.2 Å². The Morgan fingerprint density at radius 1 is 1.43 bits per heavy atom. The molecule has 0 bridgehead atoms. The first-order valence-corrected chi connectivity index (χ1v) is 7.56. The molecule has 1 aliphatic rings. The number of amides is 1. The number of fused-ring (bicyclic) bond motifs is 1. The van der Waals surface area contributed by atoms with Gasteiger partial charge in [-0.2, -0.15) is 5.10 Å². The maximum atomic E-state index is 12.3. The van der Waals surface area contributed by atoms with E-state index in [4.69, 9.17) is 0 Å². The van der Waals surface area contributed by atoms with E-state index in [1.807, 2.05) is 12.1 Å². The quantitative estimate of drug-likeness (QED) is 0.906. The highest BCUT2D eigenvalue weighted by Gasteiger charge is 2.24. The second kappa shape index (κ2) is 5.72. The van der Waals surface area contributed by atoms with Crippen LogP contribution in [0.15, 0.2) is 30.3 Å². The Hall–Kier alpha value is -2.10. The fraction of sp³-hybridized carbons (Fsp3) is 0.412. The minimum absolute atomic E-state index is 0.0945. The monoisotopic (exact) mass is 283 g/mol. The largest absolute Gasteiger partial charge is 0.344 e. The highest BCUT2D eigenvalue weighted by molar-refractivity contribution is 5.92. The molecule has 0 saturated heterocycles. The number of hydrogen-bond donors (Lipinski definition) is 2. The molecular formula is C17H21N3O. The number of benzene rings is 1. The van der Waals surface area contributed by atoms with Crippen LogP contribution in [0.3, 0.4) is 0 Å². The van der Waals surface area contributed by atoms with Crippen molar-refractivity contribution in [2.24, 2.45) is 5.92 Å². The van der Waals surface area contributed by atoms with Gasteiger partial charge in [0.25, 0.3) is 5.91 Å². The summed E-state index contributed by atoms with van der Waals surface area (Å²) in [5, 5.41) is 10.2. The van der Waals surface area contributed by atoms with Gasteiger partial charge in [0.2, 0.25) is 0 Å². The molecule has 1 unspecified atom stereocenters. The Morgan fingerprint density at radius 3 is 3.05 bits per heavy atom. The fourth-order valence-corrected chi connectivity index (χ4v) is 2.96. The number of rotatable bonds is 4. The second-order valence-electron chi connectivity index (χ2n) is 6.14. The SMILES string of the molecule is CC(C)Cc1cc(C(=O)NC2CCc3ccccc32)n[nH]1. The van der Waals surface area contributed by atoms with Crippen molar-refractivity contribution in [2.75, 3.05) is 0 Å². The summed E-state index contributed by atoms with van der Waals surface area (Å²) in [5.41, 5.74) is 4.08. The van der Waals surface area contributed by atoms with Gasteiger partial charge in [-0.3, -0.25) is 9.89 Å². The zero-order valence-electron chi connectivity index (χ0n) is 12.5. The van der Waals surface area contributed by atoms with Crippen molar-refractivity contribution in [3.05, 3.63) is 52.8 Å². The molecular weight excluding hydrogens is 262 g/mol. The number of carbonyl (C=O) groups is 1. The maximum absolute atomic E-state index is 12.3. The van der Waals surface area contributed by atoms with Gasteiger partial charge in [-0.15, -0.1) is 0 Å². The number of nitrogens with one attached hydrogen (secondary N) is 2. The summed E-state index contributed by atoms with van der Waals surface area (Å²) < 4.78 is 0. The summed E-state index contributed by atoms with van der Waals surface area (Å²) in [6.07, 6.45) is 2.90. The van der Waals surface area contributed by atoms with Crippen LogP contribution < -0.4 is 5.32 Å². The number of aryl methyl sites for hydroxylation is 1. The maximum Gasteiger partial charge on any atom is 0.272 e. The van der Waals surface area contributed by atoms with E-state index in [-0.39, 0.29) is 11.9 Å². The Bertz CT molecular complexity index is 645. The van der Waals surface area contributed by atoms with Gasteiger partial charge in [0.1, 0.15) is 5.69 Å². The second-order valence-corrected chi connectivity index (χ2v) is 6.14. The van der Waals surface area contributed by atoms with E-state index in [2.05, 4.69) is 47.6 Å². The van der Waals surface area contributed by atoms with E-state index < -0.39 is 0 Å². The van der Waals surface area contributed by atoms with Crippen LogP contribution in [0, 0.1) is 5.92 Å². The normalized spacial score (nSPS) is 17.0. The summed E-state index contributed by atoms with van der Waals surface area (Å²) in [6.45, 7) is 4.30. The van der Waals surface area contributed by atoms with Gasteiger partial charge in [-0.05, 0) is 42.4 Å². The van der Waals surface area contributed by atoms with Crippen LogP contribution in [0.5, 0.6) is 0 Å². The molecule has 1 aromatic heterocycles. The minimum atomic E-state index is -0.0945. The zero-order chi connectivity index (χ0) is 14.8. The van der Waals surface area contributed by atoms with Gasteiger partial charge < -0.3 is 5.32 Å². The average molecular weight is 283 g/mol. The van der Waals surface area contributed by atoms with E-state index in [9.17, 15) is 4.79 Å². The molecule has 1 heterocycles. The molecule has 0 saturated carbocycles. The van der Waals surface area contributed by atoms with E-state index >= 15 is 0 Å². The Balaban J connectivity index is 1.68. The van der Waals surface area contributed by atoms with Crippen molar-refractivity contribution < 1.29 is 4.79 Å². The third kappa shape index (κ3) is 2.99. The van der Waals surface area contributed by atoms with Crippen LogP contribution in [-0.2, 0) is 12.8 Å². The molecule has 1 aliphatic carbocycles. The minimum Gasteiger partial charge on any atom is -0.344 e. The Labute approximate surface area is 125 Å². The number of nitrogens with zero attached hydrogens (tertiary/aromatic N) is 1. The fourth-order valence-electron chi connectivity index (χ4n) is 2.96. The van der Waals surface area contributed by atoms with Gasteiger partial charge in [-0.25, -0.2) is 0 Å². The lowest BCUT2D eigenvalue weighted by molar-refractivity contribution is 0.0931. The molecule has 4 nitrogen and oxygen atoms in total. The summed E-state index contributed by atoms with van der Waals surface area (Å²) in [4.78, 5) is 12.3. The summed E-state index contributed by atoms with van der Waals surface area (Å²) in [5.74, 6) is 0.450. The predicted octanol–water partition coefficient (Wildman–Crippen LogP) is 3.03. The summed E-state index contributed by atoms with van der Waals surface area (Å²) >= 11 is 0. The molecule has 110 valence electrons. The number of hydrogen-bond acceptors (Lipinski definition) is 2.